The van der Waals surface area contributed by atoms with Gasteiger partial charge in [-0.15, -0.1) is 0 Å². The van der Waals surface area contributed by atoms with E-state index < -0.39 is 66.8 Å². The first-order chi connectivity index (χ1) is 41.3. The topological polar surface area (TPSA) is 210 Å². The highest BCUT2D eigenvalue weighted by molar-refractivity contribution is 7.89. The molecule has 0 aliphatic rings. The lowest BCUT2D eigenvalue weighted by Crippen LogP contribution is -2.42. The van der Waals surface area contributed by atoms with Gasteiger partial charge in [0.2, 0.25) is 20.0 Å². The number of nitrogens with one attached hydrogen (secondary N) is 2. The van der Waals surface area contributed by atoms with Crippen LogP contribution in [0.3, 0.4) is 0 Å². The van der Waals surface area contributed by atoms with Crippen LogP contribution in [-0.2, 0) is 39.0 Å². The summed E-state index contributed by atoms with van der Waals surface area (Å²) < 4.78 is 80.2. The summed E-state index contributed by atoms with van der Waals surface area (Å²) in [6.07, 6.45) is 33.9. The first kappa shape index (κ1) is 84.9. The Morgan fingerprint density at radius 2 is 0.455 bits per heavy atom. The molecule has 0 saturated carbocycles. The highest BCUT2D eigenvalue weighted by atomic mass is 32.2. The first-order valence-electron chi connectivity index (χ1n) is 35.1. The average molecular weight is 1290 g/mol. The number of ether oxygens (including phenoxy) is 4. The minimum Gasteiger partial charge on any atom is -0.444 e. The Balaban J connectivity index is 5.47. The maximum absolute atomic E-state index is 13.7. The van der Waals surface area contributed by atoms with Gasteiger partial charge < -0.3 is 38.5 Å². The number of amides is 4. The predicted octanol–water partition coefficient (Wildman–Crippen LogP) is 17.1. The van der Waals surface area contributed by atoms with E-state index in [1.165, 1.54) is 128 Å². The summed E-state index contributed by atoms with van der Waals surface area (Å²) in [6, 6.07) is 0. The van der Waals surface area contributed by atoms with E-state index in [1.807, 2.05) is 0 Å². The second-order valence-corrected chi connectivity index (χ2v) is 32.5. The maximum Gasteiger partial charge on any atom is 0.410 e. The van der Waals surface area contributed by atoms with Crippen LogP contribution >= 0.6 is 0 Å². The smallest absolute Gasteiger partial charge is 0.410 e. The molecule has 0 aliphatic heterocycles. The van der Waals surface area contributed by atoms with Gasteiger partial charge in [-0.05, 0) is 134 Å². The van der Waals surface area contributed by atoms with E-state index >= 15 is 0 Å². The molecule has 0 aromatic carbocycles. The van der Waals surface area contributed by atoms with E-state index in [0.29, 0.717) is 64.5 Å². The highest BCUT2D eigenvalue weighted by Gasteiger charge is 2.28. The summed E-state index contributed by atoms with van der Waals surface area (Å²) in [6.45, 7) is 28.5. The van der Waals surface area contributed by atoms with Crippen molar-refractivity contribution in [1.82, 2.24) is 29.0 Å². The predicted molar refractivity (Wildman–Crippen MR) is 363 cm³/mol. The summed E-state index contributed by atoms with van der Waals surface area (Å²) in [5.74, 6) is 0.150. The molecule has 20 heteroatoms. The van der Waals surface area contributed by atoms with Gasteiger partial charge in [-0.25, -0.2) is 45.5 Å². The SMILES string of the molecule is CCCCCCCCCCCCCCCCS(=O)(=O)NCCCN(CCCN(CCCCN(CCCN(CCCNS(=O)(=O)CCCCCCCCCCCCCCCC)C(=O)OC(C)(C)C)C(=O)OC(C)(C)C)C(=O)OC(C)(C)C)C(=O)OC(C)(C)C. The monoisotopic (exact) mass is 1290 g/mol. The lowest BCUT2D eigenvalue weighted by molar-refractivity contribution is 0.0165. The zero-order chi connectivity index (χ0) is 66.4. The minimum absolute atomic E-state index is 0.0748. The van der Waals surface area contributed by atoms with Crippen molar-refractivity contribution >= 4 is 44.4 Å². The van der Waals surface area contributed by atoms with Crippen molar-refractivity contribution < 1.29 is 55.0 Å². The quantitative estimate of drug-likeness (QED) is 0.0430. The largest absolute Gasteiger partial charge is 0.444 e. The average Bonchev–Trinajstić information content (AvgIpc) is 3.63. The molecule has 0 bridgehead atoms. The summed E-state index contributed by atoms with van der Waals surface area (Å²) in [4.78, 5) is 60.7. The second-order valence-electron chi connectivity index (χ2n) is 28.6. The molecule has 0 aromatic heterocycles. The molecule has 0 radical (unpaired) electrons. The van der Waals surface area contributed by atoms with Gasteiger partial charge in [-0.2, -0.15) is 0 Å². The van der Waals surface area contributed by atoms with Crippen LogP contribution in [0, 0.1) is 0 Å². The Hall–Kier alpha value is -3.10. The van der Waals surface area contributed by atoms with Crippen molar-refractivity contribution in [2.75, 3.05) is 77.0 Å². The molecule has 0 aliphatic carbocycles. The lowest BCUT2D eigenvalue weighted by atomic mass is 10.0. The lowest BCUT2D eigenvalue weighted by Gasteiger charge is -2.31. The molecule has 4 amide bonds. The van der Waals surface area contributed by atoms with Gasteiger partial charge in [0, 0.05) is 65.4 Å². The van der Waals surface area contributed by atoms with E-state index in [-0.39, 0.29) is 63.9 Å². The van der Waals surface area contributed by atoms with E-state index in [1.54, 1.807) is 103 Å². The number of nitrogens with zero attached hydrogens (tertiary/aromatic N) is 4. The number of unbranched alkanes of at least 4 members (excludes halogenated alkanes) is 27. The molecule has 522 valence electrons. The molecular formula is C68H136N6O12S2. The summed E-state index contributed by atoms with van der Waals surface area (Å²) >= 11 is 0. The van der Waals surface area contributed by atoms with Gasteiger partial charge >= 0.3 is 24.4 Å². The Morgan fingerprint density at radius 1 is 0.273 bits per heavy atom. The zero-order valence-electron chi connectivity index (χ0n) is 59.0. The van der Waals surface area contributed by atoms with Gasteiger partial charge in [-0.1, -0.05) is 181 Å². The van der Waals surface area contributed by atoms with Crippen molar-refractivity contribution in [2.45, 2.75) is 338 Å². The Labute approximate surface area is 540 Å². The number of carbonyl (C=O) groups excluding carboxylic acids is 4. The fourth-order valence-corrected chi connectivity index (χ4v) is 12.5. The van der Waals surface area contributed by atoms with Crippen LogP contribution in [0.5, 0.6) is 0 Å². The van der Waals surface area contributed by atoms with E-state index in [4.69, 9.17) is 18.9 Å². The molecule has 0 unspecified atom stereocenters. The van der Waals surface area contributed by atoms with E-state index in [2.05, 4.69) is 23.3 Å². The van der Waals surface area contributed by atoms with E-state index in [0.717, 1.165) is 38.5 Å². The highest BCUT2D eigenvalue weighted by Crippen LogP contribution is 2.19. The molecule has 0 spiro atoms. The Morgan fingerprint density at radius 3 is 0.659 bits per heavy atom. The second kappa shape index (κ2) is 48.6. The number of carbonyl (C=O) groups is 4. The van der Waals surface area contributed by atoms with Crippen LogP contribution in [0.25, 0.3) is 0 Å². The standard InChI is InChI=1S/C68H136N6O12S2/c1-15-17-19-21-23-25-27-29-31-33-35-37-39-43-59-87(79,80)69-49-45-53-73(63(77)85-67(9,10)11)57-47-55-71(61(75)83-65(3,4)5)51-41-42-52-72(62(76)84-66(6,7)8)56-48-58-74(64(78)86-68(12,13)14)54-46-50-70-88(81,82)60-44-40-38-36-34-32-30-28-26-24-22-20-18-16-2/h69-70H,15-60H2,1-14H3. The molecule has 0 aromatic rings. The number of hydrogen-bond acceptors (Lipinski definition) is 12. The Kier molecular flexibility index (Phi) is 46.9. The molecule has 18 nitrogen and oxygen atoms in total. The molecule has 0 atom stereocenters. The third kappa shape index (κ3) is 53.6. The van der Waals surface area contributed by atoms with Crippen LogP contribution in [0.15, 0.2) is 0 Å². The van der Waals surface area contributed by atoms with Crippen LogP contribution in [-0.4, -0.2) is 160 Å². The van der Waals surface area contributed by atoms with Crippen molar-refractivity contribution in [3.05, 3.63) is 0 Å². The minimum atomic E-state index is -3.47. The molecule has 0 fully saturated rings. The number of rotatable bonds is 53. The van der Waals surface area contributed by atoms with Crippen LogP contribution in [0.1, 0.15) is 315 Å². The Bertz CT molecular complexity index is 1880. The van der Waals surface area contributed by atoms with E-state index in [9.17, 15) is 36.0 Å². The number of hydrogen-bond donors (Lipinski definition) is 2. The first-order valence-corrected chi connectivity index (χ1v) is 38.5. The van der Waals surface area contributed by atoms with Gasteiger partial charge in [-0.3, -0.25) is 0 Å². The summed E-state index contributed by atoms with van der Waals surface area (Å²) in [5.41, 5.74) is -3.05. The molecular weight excluding hydrogens is 1160 g/mol. The third-order valence-electron chi connectivity index (χ3n) is 14.8. The van der Waals surface area contributed by atoms with Gasteiger partial charge in [0.25, 0.3) is 0 Å². The van der Waals surface area contributed by atoms with Crippen molar-refractivity contribution in [2.24, 2.45) is 0 Å². The zero-order valence-corrected chi connectivity index (χ0v) is 60.7. The molecule has 0 rings (SSSR count). The van der Waals surface area contributed by atoms with Crippen LogP contribution in [0.4, 0.5) is 19.2 Å². The van der Waals surface area contributed by atoms with Crippen molar-refractivity contribution in [3.8, 4) is 0 Å². The van der Waals surface area contributed by atoms with Crippen molar-refractivity contribution in [3.63, 3.8) is 0 Å². The fraction of sp³-hybridized carbons (Fsp3) is 0.941. The molecule has 0 heterocycles. The summed E-state index contributed by atoms with van der Waals surface area (Å²) in [7, 11) is -6.94. The third-order valence-corrected chi connectivity index (χ3v) is 17.8. The molecule has 88 heavy (non-hydrogen) atoms. The molecule has 0 saturated heterocycles. The van der Waals surface area contributed by atoms with Crippen molar-refractivity contribution in [1.29, 1.82) is 0 Å². The van der Waals surface area contributed by atoms with Crippen LogP contribution in [0.2, 0.25) is 0 Å². The summed E-state index contributed by atoms with van der Waals surface area (Å²) in [5, 5.41) is 0. The fourth-order valence-electron chi connectivity index (χ4n) is 10.1. The van der Waals surface area contributed by atoms with Gasteiger partial charge in [0.15, 0.2) is 0 Å². The van der Waals surface area contributed by atoms with Crippen LogP contribution < -0.4 is 9.44 Å². The maximum atomic E-state index is 13.7. The van der Waals surface area contributed by atoms with Gasteiger partial charge in [0.1, 0.15) is 22.4 Å². The van der Waals surface area contributed by atoms with Gasteiger partial charge in [0.05, 0.1) is 11.5 Å². The molecule has 2 N–H and O–H groups in total. The normalized spacial score (nSPS) is 12.5. The number of sulfonamides is 2.